The van der Waals surface area contributed by atoms with E-state index >= 15 is 0 Å². The first kappa shape index (κ1) is 18.6. The first-order chi connectivity index (χ1) is 14.0. The van der Waals surface area contributed by atoms with Gasteiger partial charge in [0.05, 0.1) is 24.0 Å². The first-order valence-corrected chi connectivity index (χ1v) is 9.05. The molecule has 3 N–H and O–H groups in total. The Morgan fingerprint density at radius 3 is 2.69 bits per heavy atom. The van der Waals surface area contributed by atoms with Crippen molar-refractivity contribution in [3.63, 3.8) is 0 Å². The molecule has 0 atom stereocenters. The molecule has 1 aliphatic heterocycles. The monoisotopic (exact) mass is 409 g/mol. The summed E-state index contributed by atoms with van der Waals surface area (Å²) >= 11 is 5.98. The molecule has 8 heteroatoms. The number of methoxy groups -OCH3 is 1. The third-order valence-corrected chi connectivity index (χ3v) is 4.48. The zero-order valence-electron chi connectivity index (χ0n) is 15.3. The van der Waals surface area contributed by atoms with E-state index in [4.69, 9.17) is 21.1 Å². The second kappa shape index (κ2) is 7.73. The summed E-state index contributed by atoms with van der Waals surface area (Å²) in [6, 6.07) is 16.4. The first-order valence-electron chi connectivity index (χ1n) is 8.67. The Bertz CT molecular complexity index is 1120. The highest BCUT2D eigenvalue weighted by atomic mass is 35.5. The number of hydrogen-bond acceptors (Lipinski definition) is 4. The molecular formula is C21H16ClN3O4. The van der Waals surface area contributed by atoms with Gasteiger partial charge in [-0.3, -0.25) is 4.79 Å². The zero-order valence-corrected chi connectivity index (χ0v) is 16.0. The summed E-state index contributed by atoms with van der Waals surface area (Å²) in [5, 5.41) is 8.62. The van der Waals surface area contributed by atoms with Gasteiger partial charge >= 0.3 is 6.03 Å². The maximum Gasteiger partial charge on any atom is 0.323 e. The third-order valence-electron chi connectivity index (χ3n) is 4.25. The number of rotatable bonds is 3. The Kier molecular flexibility index (Phi) is 4.97. The molecule has 0 saturated carbocycles. The number of anilines is 3. The van der Waals surface area contributed by atoms with Crippen LogP contribution in [0.15, 0.2) is 60.7 Å². The fourth-order valence-corrected chi connectivity index (χ4v) is 3.08. The fourth-order valence-electron chi connectivity index (χ4n) is 2.90. The summed E-state index contributed by atoms with van der Waals surface area (Å²) in [5.74, 6) is 1.09. The quantitative estimate of drug-likeness (QED) is 0.544. The number of fused-ring (bicyclic) bond motifs is 2. The largest absolute Gasteiger partial charge is 0.495 e. The van der Waals surface area contributed by atoms with Crippen LogP contribution < -0.4 is 25.4 Å². The van der Waals surface area contributed by atoms with Gasteiger partial charge in [0.2, 0.25) is 0 Å². The standard InChI is InChI=1S/C21H16ClN3O4/c1-28-18-8-6-12(22)10-16(18)25-21(27)23-13-7-9-17-14(11-13)20(26)24-15-4-2-3-5-19(15)29-17/h2-11H,1H3,(H,24,26)(H2,23,25,27). The van der Waals surface area contributed by atoms with Crippen molar-refractivity contribution < 1.29 is 19.1 Å². The second-order valence-corrected chi connectivity index (χ2v) is 6.62. The maximum absolute atomic E-state index is 12.6. The molecule has 1 aliphatic rings. The van der Waals surface area contributed by atoms with Crippen LogP contribution in [0.25, 0.3) is 0 Å². The molecule has 0 bridgehead atoms. The third kappa shape index (κ3) is 3.95. The van der Waals surface area contributed by atoms with Crippen LogP contribution in [-0.4, -0.2) is 19.0 Å². The van der Waals surface area contributed by atoms with Crippen LogP contribution in [0.3, 0.4) is 0 Å². The van der Waals surface area contributed by atoms with Crippen LogP contribution in [-0.2, 0) is 0 Å². The molecule has 4 rings (SSSR count). The van der Waals surface area contributed by atoms with E-state index in [1.165, 1.54) is 7.11 Å². The van der Waals surface area contributed by atoms with E-state index in [2.05, 4.69) is 16.0 Å². The Balaban J connectivity index is 1.54. The van der Waals surface area contributed by atoms with Crippen molar-refractivity contribution in [1.29, 1.82) is 0 Å². The molecule has 3 amide bonds. The molecule has 0 unspecified atom stereocenters. The van der Waals surface area contributed by atoms with Gasteiger partial charge in [0.15, 0.2) is 5.75 Å². The Morgan fingerprint density at radius 2 is 1.86 bits per heavy atom. The van der Waals surface area contributed by atoms with Gasteiger partial charge in [-0.2, -0.15) is 0 Å². The number of nitrogens with one attached hydrogen (secondary N) is 3. The van der Waals surface area contributed by atoms with E-state index in [1.54, 1.807) is 54.6 Å². The predicted octanol–water partition coefficient (Wildman–Crippen LogP) is 5.35. The molecule has 3 aromatic rings. The van der Waals surface area contributed by atoms with Crippen LogP contribution in [0.4, 0.5) is 21.9 Å². The molecule has 1 heterocycles. The predicted molar refractivity (Wildman–Crippen MR) is 112 cm³/mol. The molecule has 0 aliphatic carbocycles. The minimum absolute atomic E-state index is 0.305. The van der Waals surface area contributed by atoms with Gasteiger partial charge in [-0.25, -0.2) is 4.79 Å². The lowest BCUT2D eigenvalue weighted by molar-refractivity contribution is 0.102. The molecule has 0 aromatic heterocycles. The van der Waals surface area contributed by atoms with Gasteiger partial charge in [-0.15, -0.1) is 0 Å². The highest BCUT2D eigenvalue weighted by Crippen LogP contribution is 2.36. The Morgan fingerprint density at radius 1 is 1.03 bits per heavy atom. The molecule has 0 radical (unpaired) electrons. The SMILES string of the molecule is COc1ccc(Cl)cc1NC(=O)Nc1ccc2c(c1)C(=O)Nc1ccccc1O2. The van der Waals surface area contributed by atoms with E-state index in [9.17, 15) is 9.59 Å². The van der Waals surface area contributed by atoms with Crippen LogP contribution in [0, 0.1) is 0 Å². The Labute approximate surface area is 171 Å². The Hall–Kier alpha value is -3.71. The summed E-state index contributed by atoms with van der Waals surface area (Å²) in [7, 11) is 1.50. The van der Waals surface area contributed by atoms with Crippen molar-refractivity contribution in [2.45, 2.75) is 0 Å². The smallest absolute Gasteiger partial charge is 0.323 e. The minimum atomic E-state index is -0.510. The molecular weight excluding hydrogens is 394 g/mol. The van der Waals surface area contributed by atoms with E-state index in [-0.39, 0.29) is 5.91 Å². The van der Waals surface area contributed by atoms with E-state index in [0.717, 1.165) is 0 Å². The number of ether oxygens (including phenoxy) is 2. The van der Waals surface area contributed by atoms with E-state index < -0.39 is 6.03 Å². The molecule has 0 saturated heterocycles. The number of benzene rings is 3. The number of carbonyl (C=O) groups is 2. The van der Waals surface area contributed by atoms with Gasteiger partial charge in [-0.05, 0) is 48.5 Å². The molecule has 3 aromatic carbocycles. The van der Waals surface area contributed by atoms with Gasteiger partial charge in [0.1, 0.15) is 11.5 Å². The van der Waals surface area contributed by atoms with Crippen molar-refractivity contribution in [3.05, 3.63) is 71.2 Å². The number of urea groups is 1. The van der Waals surface area contributed by atoms with Gasteiger partial charge in [0.25, 0.3) is 5.91 Å². The van der Waals surface area contributed by atoms with Crippen LogP contribution in [0.2, 0.25) is 5.02 Å². The average molecular weight is 410 g/mol. The van der Waals surface area contributed by atoms with Crippen LogP contribution in [0.1, 0.15) is 10.4 Å². The van der Waals surface area contributed by atoms with Crippen molar-refractivity contribution in [2.75, 3.05) is 23.1 Å². The van der Waals surface area contributed by atoms with Crippen molar-refractivity contribution >= 4 is 40.6 Å². The van der Waals surface area contributed by atoms with Crippen molar-refractivity contribution in [1.82, 2.24) is 0 Å². The molecule has 0 spiro atoms. The number of amides is 3. The maximum atomic E-state index is 12.6. The minimum Gasteiger partial charge on any atom is -0.495 e. The van der Waals surface area contributed by atoms with E-state index in [0.29, 0.717) is 44.9 Å². The number of carbonyl (C=O) groups excluding carboxylic acids is 2. The summed E-state index contributed by atoms with van der Waals surface area (Å²) in [6.07, 6.45) is 0. The van der Waals surface area contributed by atoms with Crippen molar-refractivity contribution in [3.8, 4) is 17.2 Å². The van der Waals surface area contributed by atoms with Crippen molar-refractivity contribution in [2.24, 2.45) is 0 Å². The summed E-state index contributed by atoms with van der Waals surface area (Å²) in [4.78, 5) is 25.0. The van der Waals surface area contributed by atoms with Crippen LogP contribution >= 0.6 is 11.6 Å². The summed E-state index contributed by atoms with van der Waals surface area (Å²) < 4.78 is 11.0. The van der Waals surface area contributed by atoms with Gasteiger partial charge in [0, 0.05) is 10.7 Å². The highest BCUT2D eigenvalue weighted by molar-refractivity contribution is 6.31. The normalized spacial score (nSPS) is 11.9. The van der Waals surface area contributed by atoms with E-state index in [1.807, 2.05) is 6.07 Å². The highest BCUT2D eigenvalue weighted by Gasteiger charge is 2.21. The van der Waals surface area contributed by atoms with Gasteiger partial charge < -0.3 is 25.4 Å². The topological polar surface area (TPSA) is 88.7 Å². The lowest BCUT2D eigenvalue weighted by Gasteiger charge is -2.13. The second-order valence-electron chi connectivity index (χ2n) is 6.19. The molecule has 7 nitrogen and oxygen atoms in total. The molecule has 29 heavy (non-hydrogen) atoms. The summed E-state index contributed by atoms with van der Waals surface area (Å²) in [6.45, 7) is 0. The lowest BCUT2D eigenvalue weighted by atomic mass is 10.1. The van der Waals surface area contributed by atoms with Gasteiger partial charge in [-0.1, -0.05) is 23.7 Å². The molecule has 0 fully saturated rings. The number of hydrogen-bond donors (Lipinski definition) is 3. The number of para-hydroxylation sites is 2. The average Bonchev–Trinajstić information content (AvgIpc) is 2.84. The summed E-state index contributed by atoms with van der Waals surface area (Å²) in [5.41, 5.74) is 1.73. The fraction of sp³-hybridized carbons (Fsp3) is 0.0476. The molecule has 146 valence electrons. The number of halogens is 1. The van der Waals surface area contributed by atoms with Crippen LogP contribution in [0.5, 0.6) is 17.2 Å². The zero-order chi connectivity index (χ0) is 20.4. The lowest BCUT2D eigenvalue weighted by Crippen LogP contribution is -2.20.